The van der Waals surface area contributed by atoms with Gasteiger partial charge in [0, 0.05) is 11.2 Å². The van der Waals surface area contributed by atoms with Crippen LogP contribution in [0.4, 0.5) is 0 Å². The Morgan fingerprint density at radius 2 is 1.70 bits per heavy atom. The van der Waals surface area contributed by atoms with Crippen molar-refractivity contribution in [3.63, 3.8) is 0 Å². The predicted molar refractivity (Wildman–Crippen MR) is 126 cm³/mol. The van der Waals surface area contributed by atoms with Crippen molar-refractivity contribution in [3.8, 4) is 0 Å². The first-order chi connectivity index (χ1) is 13.7. The Bertz CT molecular complexity index is 616. The van der Waals surface area contributed by atoms with Gasteiger partial charge in [-0.1, -0.05) is 46.0 Å². The number of rotatable bonds is 11. The number of hydrogen-bond donors (Lipinski definition) is 1. The molecule has 4 atom stereocenters. The van der Waals surface area contributed by atoms with Gasteiger partial charge in [0.15, 0.2) is 0 Å². The highest BCUT2D eigenvalue weighted by Crippen LogP contribution is 2.33. The molecule has 0 spiro atoms. The van der Waals surface area contributed by atoms with Crippen molar-refractivity contribution in [2.75, 3.05) is 5.75 Å². The van der Waals surface area contributed by atoms with Crippen LogP contribution in [0, 0.1) is 23.7 Å². The van der Waals surface area contributed by atoms with E-state index in [1.54, 1.807) is 0 Å². The average Bonchev–Trinajstić information content (AvgIpc) is 2.56. The van der Waals surface area contributed by atoms with Gasteiger partial charge in [0.05, 0.1) is 23.9 Å². The fourth-order valence-electron chi connectivity index (χ4n) is 4.17. The van der Waals surface area contributed by atoms with Crippen molar-refractivity contribution in [2.24, 2.45) is 23.7 Å². The summed E-state index contributed by atoms with van der Waals surface area (Å²) in [6.07, 6.45) is 5.75. The molecule has 1 aliphatic rings. The van der Waals surface area contributed by atoms with Crippen molar-refractivity contribution in [1.82, 2.24) is 0 Å². The topological polar surface area (TPSA) is 72.8 Å². The van der Waals surface area contributed by atoms with Crippen LogP contribution in [0.2, 0.25) is 0 Å². The first-order valence-corrected chi connectivity index (χ1v) is 14.1. The zero-order chi connectivity index (χ0) is 23.1. The zero-order valence-corrected chi connectivity index (χ0v) is 21.7. The Labute approximate surface area is 189 Å². The lowest BCUT2D eigenvalue weighted by Crippen LogP contribution is -2.38. The van der Waals surface area contributed by atoms with E-state index in [0.29, 0.717) is 18.8 Å². The lowest BCUT2D eigenvalue weighted by atomic mass is 9.78. The number of esters is 1. The first-order valence-electron chi connectivity index (χ1n) is 11.5. The molecule has 178 valence electrons. The molecule has 5 nitrogen and oxygen atoms in total. The third-order valence-electron chi connectivity index (χ3n) is 5.73. The number of aliphatic hydroxyl groups is 1. The summed E-state index contributed by atoms with van der Waals surface area (Å²) in [6, 6.07) is 0. The second-order valence-electron chi connectivity index (χ2n) is 10.6. The van der Waals surface area contributed by atoms with Crippen molar-refractivity contribution in [1.29, 1.82) is 0 Å². The lowest BCUT2D eigenvalue weighted by Gasteiger charge is -2.33. The molecular weight excluding hydrogens is 420 g/mol. The second-order valence-corrected chi connectivity index (χ2v) is 13.7. The van der Waals surface area contributed by atoms with Gasteiger partial charge in [-0.15, -0.1) is 0 Å². The normalized spacial score (nSPS) is 21.3. The fourth-order valence-corrected chi connectivity index (χ4v) is 6.88. The van der Waals surface area contributed by atoms with Crippen molar-refractivity contribution >= 4 is 25.9 Å². The Kier molecular flexibility index (Phi) is 11.2. The molecule has 0 amide bonds. The van der Waals surface area contributed by atoms with E-state index in [1.807, 2.05) is 48.5 Å². The minimum absolute atomic E-state index is 0.0972. The van der Waals surface area contributed by atoms with Gasteiger partial charge in [-0.05, 0) is 65.2 Å². The van der Waals surface area contributed by atoms with Crippen LogP contribution in [-0.4, -0.2) is 38.8 Å². The molecule has 0 aromatic heterocycles. The van der Waals surface area contributed by atoms with Gasteiger partial charge in [-0.2, -0.15) is 0 Å². The average molecular weight is 465 g/mol. The van der Waals surface area contributed by atoms with E-state index in [-0.39, 0.29) is 29.7 Å². The Morgan fingerprint density at radius 1 is 1.13 bits per heavy atom. The summed E-state index contributed by atoms with van der Waals surface area (Å²) in [5, 5.41) is 11.1. The minimum Gasteiger partial charge on any atom is -0.460 e. The maximum absolute atomic E-state index is 13.0. The molecule has 0 aromatic rings. The molecule has 7 heteroatoms. The third kappa shape index (κ3) is 10.9. The van der Waals surface area contributed by atoms with Crippen LogP contribution in [0.3, 0.4) is 0 Å². The van der Waals surface area contributed by atoms with Gasteiger partial charge in [0.2, 0.25) is 0 Å². The monoisotopic (exact) mass is 464 g/mol. The smallest absolute Gasteiger partial charge is 0.312 e. The molecule has 0 heterocycles. The van der Waals surface area contributed by atoms with Gasteiger partial charge < -0.3 is 9.84 Å². The summed E-state index contributed by atoms with van der Waals surface area (Å²) in [7, 11) is -2.87. The Balaban J connectivity index is 2.95. The van der Waals surface area contributed by atoms with Crippen LogP contribution in [0.1, 0.15) is 93.4 Å². The predicted octanol–water partition coefficient (Wildman–Crippen LogP) is 5.02. The van der Waals surface area contributed by atoms with Crippen LogP contribution in [-0.2, 0) is 33.7 Å². The van der Waals surface area contributed by atoms with Gasteiger partial charge in [0.1, 0.15) is 14.4 Å². The van der Waals surface area contributed by atoms with Crippen molar-refractivity contribution < 1.29 is 23.0 Å². The van der Waals surface area contributed by atoms with Gasteiger partial charge >= 0.3 is 5.97 Å². The summed E-state index contributed by atoms with van der Waals surface area (Å²) in [6.45, 7) is 13.2. The Hall–Kier alpha value is -0.240. The molecule has 1 aliphatic carbocycles. The van der Waals surface area contributed by atoms with E-state index in [4.69, 9.17) is 20.1 Å². The molecule has 1 saturated carbocycles. The number of hydrogen-bond acceptors (Lipinski definition) is 6. The summed E-state index contributed by atoms with van der Waals surface area (Å²) < 4.78 is 23.8. The highest BCUT2D eigenvalue weighted by molar-refractivity contribution is 8.30. The number of ether oxygens (including phenoxy) is 1. The quantitative estimate of drug-likeness (QED) is 0.433. The van der Waals surface area contributed by atoms with Crippen molar-refractivity contribution in [3.05, 3.63) is 0 Å². The molecule has 1 rings (SSSR count). The number of carbonyl (C=O) groups excluding carboxylic acids is 1. The standard InChI is InChI=1S/C23H44O5S2/c1-16(2)19(15-30(26,29)28-17(3)4)14-21(24)20(22(25)27-23(5,6)7)13-18-11-9-8-10-12-18/h16-21,24H,8-15H2,1-7H3/t19-,20+,21+,30?/m1/s1. The van der Waals surface area contributed by atoms with E-state index in [0.717, 1.165) is 12.8 Å². The Morgan fingerprint density at radius 3 is 2.17 bits per heavy atom. The van der Waals surface area contributed by atoms with E-state index >= 15 is 0 Å². The largest absolute Gasteiger partial charge is 0.460 e. The molecule has 1 fully saturated rings. The lowest BCUT2D eigenvalue weighted by molar-refractivity contribution is -0.165. The molecular formula is C23H44O5S2. The molecule has 0 aromatic carbocycles. The van der Waals surface area contributed by atoms with Crippen LogP contribution >= 0.6 is 0 Å². The van der Waals surface area contributed by atoms with Gasteiger partial charge in [-0.25, -0.2) is 4.21 Å². The molecule has 0 radical (unpaired) electrons. The molecule has 30 heavy (non-hydrogen) atoms. The maximum Gasteiger partial charge on any atom is 0.312 e. The van der Waals surface area contributed by atoms with Crippen LogP contribution < -0.4 is 0 Å². The third-order valence-corrected chi connectivity index (χ3v) is 7.89. The van der Waals surface area contributed by atoms with E-state index in [1.165, 1.54) is 19.3 Å². The number of carbonyl (C=O) groups is 1. The molecule has 0 aliphatic heterocycles. The minimum atomic E-state index is -2.87. The van der Waals surface area contributed by atoms with E-state index < -0.39 is 26.4 Å². The van der Waals surface area contributed by atoms with Crippen LogP contribution in [0.25, 0.3) is 0 Å². The summed E-state index contributed by atoms with van der Waals surface area (Å²) >= 11 is 5.22. The number of aliphatic hydroxyl groups excluding tert-OH is 1. The van der Waals surface area contributed by atoms with E-state index in [2.05, 4.69) is 0 Å². The molecule has 1 unspecified atom stereocenters. The van der Waals surface area contributed by atoms with E-state index in [9.17, 15) is 14.1 Å². The summed E-state index contributed by atoms with van der Waals surface area (Å²) in [4.78, 5) is 13.0. The van der Waals surface area contributed by atoms with Gasteiger partial charge in [-0.3, -0.25) is 8.98 Å². The highest BCUT2D eigenvalue weighted by atomic mass is 32.8. The maximum atomic E-state index is 13.0. The molecule has 0 bridgehead atoms. The van der Waals surface area contributed by atoms with Gasteiger partial charge in [0.25, 0.3) is 0 Å². The van der Waals surface area contributed by atoms with Crippen LogP contribution in [0.5, 0.6) is 0 Å². The highest BCUT2D eigenvalue weighted by Gasteiger charge is 2.36. The zero-order valence-electron chi connectivity index (χ0n) is 20.0. The van der Waals surface area contributed by atoms with Crippen LogP contribution in [0.15, 0.2) is 0 Å². The first kappa shape index (κ1) is 27.8. The fraction of sp³-hybridized carbons (Fsp3) is 0.957. The summed E-state index contributed by atoms with van der Waals surface area (Å²) in [5.41, 5.74) is -0.598. The SMILES string of the molecule is CC(C)OS(=O)(=S)C[C@@H](C[C@H](O)[C@H](CC1CCCCC1)C(=O)OC(C)(C)C)C(C)C. The summed E-state index contributed by atoms with van der Waals surface area (Å²) in [5.74, 6) is -0.190. The molecule has 0 saturated heterocycles. The molecule has 1 N–H and O–H groups in total. The second kappa shape index (κ2) is 12.1. The van der Waals surface area contributed by atoms with Crippen molar-refractivity contribution in [2.45, 2.75) is 111 Å².